The van der Waals surface area contributed by atoms with Crippen LogP contribution < -0.4 is 40.6 Å². The van der Waals surface area contributed by atoms with Crippen molar-refractivity contribution in [2.45, 2.75) is 118 Å². The number of aliphatic hydroxyl groups is 3. The van der Waals surface area contributed by atoms with Crippen molar-refractivity contribution in [3.05, 3.63) is 219 Å². The van der Waals surface area contributed by atoms with Gasteiger partial charge in [0.25, 0.3) is 0 Å². The molecule has 590 valence electrons. The number of phenolic OH excluding ortho intramolecular Hbond substituents is 1. The van der Waals surface area contributed by atoms with Crippen molar-refractivity contribution in [1.82, 2.24) is 20.8 Å². The van der Waals surface area contributed by atoms with Crippen LogP contribution in [0, 0.1) is 22.6 Å². The molecule has 6 heterocycles. The van der Waals surface area contributed by atoms with Crippen molar-refractivity contribution < 1.29 is 256 Å². The summed E-state index contributed by atoms with van der Waals surface area (Å²) >= 11 is 0. The van der Waals surface area contributed by atoms with E-state index in [0.29, 0.717) is 52.6 Å². The number of carboxylic acid groups (broad SMARTS) is 1. The summed E-state index contributed by atoms with van der Waals surface area (Å²) in [6, 6.07) is 29.8. The molecule has 20 N–H and O–H groups in total. The first-order valence-electron chi connectivity index (χ1n) is 32.8. The minimum Gasteiger partial charge on any atom is -0.508 e. The second-order valence-corrected chi connectivity index (χ2v) is 32.2. The number of hydrogen-bond donors (Lipinski definition) is 19. The molecule has 0 bridgehead atoms. The fraction of sp³-hybridized carbons (Fsp3) is 0.338. The molecule has 4 radical (unpaired) electrons. The smallest absolute Gasteiger partial charge is 0.373 e. The molecule has 1 fully saturated rings. The van der Waals surface area contributed by atoms with E-state index in [-0.39, 0.29) is 228 Å². The van der Waals surface area contributed by atoms with E-state index < -0.39 is 68.8 Å². The van der Waals surface area contributed by atoms with Crippen LogP contribution >= 0.6 is 30.4 Å². The predicted molar refractivity (Wildman–Crippen MR) is 395 cm³/mol. The number of ether oxygens (including phenoxy) is 1. The average Bonchev–Trinajstić information content (AvgIpc) is 0.777. The molecule has 1 amide bonds. The Hall–Kier alpha value is -2.74. The summed E-state index contributed by atoms with van der Waals surface area (Å²) in [5.74, 6) is -0.899. The first kappa shape index (κ1) is 107. The number of hydrogen-bond acceptors (Lipinski definition) is 19. The van der Waals surface area contributed by atoms with Gasteiger partial charge in [0.15, 0.2) is 92.6 Å². The molecule has 1 saturated heterocycles. The maximum Gasteiger partial charge on any atom is 0.373 e. The maximum absolute atomic E-state index is 11.7. The Labute approximate surface area is 740 Å². The molecular weight excluding hydrogens is 1810 g/mol. The van der Waals surface area contributed by atoms with Gasteiger partial charge in [-0.05, 0) is 90.5 Å². The summed E-state index contributed by atoms with van der Waals surface area (Å²) in [5.41, 5.74) is 11.0. The average molecular weight is 1910 g/mol. The molecule has 0 saturated carbocycles. The Morgan fingerprint density at radius 1 is 0.600 bits per heavy atom. The van der Waals surface area contributed by atoms with E-state index in [9.17, 15) is 58.2 Å². The number of carbonyl (C=O) groups is 2. The molecule has 0 spiro atoms. The first-order valence-corrected chi connectivity index (χ1v) is 39.3. The number of aromatic carboxylic acids is 1. The number of fused-ring (bicyclic) bond motifs is 2. The third-order valence-electron chi connectivity index (χ3n) is 15.2. The normalized spacial score (nSPS) is 13.2. The summed E-state index contributed by atoms with van der Waals surface area (Å²) in [6.45, 7) is 13.5. The van der Waals surface area contributed by atoms with Gasteiger partial charge in [0.2, 0.25) is 5.91 Å². The van der Waals surface area contributed by atoms with Gasteiger partial charge in [-0.15, -0.1) is 25.7 Å². The van der Waals surface area contributed by atoms with E-state index >= 15 is 0 Å². The molecule has 2 aliphatic heterocycles. The van der Waals surface area contributed by atoms with E-state index in [1.165, 1.54) is 65.0 Å². The van der Waals surface area contributed by atoms with Gasteiger partial charge in [-0.25, -0.2) is 18.5 Å². The van der Waals surface area contributed by atoms with Gasteiger partial charge >= 0.3 is 20.1 Å². The summed E-state index contributed by atoms with van der Waals surface area (Å²) in [6.07, 6.45) is 12.9. The SMILES string of the molecule is CB(O)NCC(O)C[n+]1cccc(C[C-](C)P(=O)(O)O)c1.CB(O)NCC1CO1.CC(=O)NCC(O)C[n+]1cccc(C[C-](C)P(=O)(O)O)c1.C[C-](Cc1ccc[n+](CC(O)CN)c1)P(=O)(O)O.C[C-](Cc1cccnc1)P(=O)(O)O.O=C(O)c1ccccc1-c1c2ccc(=O)cc-2oc2cc(O)ccc12.[Y].[Y].[Y].[Y]. The zero-order valence-corrected chi connectivity index (χ0v) is 76.7. The third kappa shape index (κ3) is 42.4. The van der Waals surface area contributed by atoms with Crippen LogP contribution in [0.3, 0.4) is 0 Å². The molecule has 4 unspecified atom stereocenters. The quantitative estimate of drug-likeness (QED) is 0.00800. The van der Waals surface area contributed by atoms with Gasteiger partial charge in [-0.3, -0.25) is 32.8 Å². The summed E-state index contributed by atoms with van der Waals surface area (Å²) < 4.78 is 59.9. The number of rotatable bonds is 29. The third-order valence-corrected chi connectivity index (χ3v) is 19.8. The Kier molecular flexibility index (Phi) is 51.5. The molecule has 4 atom stereocenters. The summed E-state index contributed by atoms with van der Waals surface area (Å²) in [5, 5.41) is 74.8. The molecule has 6 aromatic rings. The van der Waals surface area contributed by atoms with Crippen LogP contribution in [0.15, 0.2) is 168 Å². The Morgan fingerprint density at radius 3 is 1.45 bits per heavy atom. The van der Waals surface area contributed by atoms with Crippen molar-refractivity contribution in [2.75, 3.05) is 32.8 Å². The van der Waals surface area contributed by atoms with Gasteiger partial charge < -0.3 is 105 Å². The van der Waals surface area contributed by atoms with E-state index in [4.69, 9.17) is 64.1 Å². The number of benzene rings is 3. The molecular formula is C68H95B2N8O24P4Y4-. The van der Waals surface area contributed by atoms with E-state index in [1.807, 2.05) is 0 Å². The first-order chi connectivity index (χ1) is 49.5. The molecule has 32 nitrogen and oxygen atoms in total. The summed E-state index contributed by atoms with van der Waals surface area (Å²) in [7, 11) is -17.6. The number of amides is 1. The number of nitrogens with zero attached hydrogens (tertiary/aromatic N) is 4. The largest absolute Gasteiger partial charge is 0.508 e. The Balaban J connectivity index is 0.00000132. The van der Waals surface area contributed by atoms with Crippen LogP contribution in [0.5, 0.6) is 5.75 Å². The number of carboxylic acids is 1. The van der Waals surface area contributed by atoms with Crippen LogP contribution in [-0.2, 0) is 204 Å². The molecule has 3 aliphatic rings. The second kappa shape index (κ2) is 52.8. The number of nitrogens with one attached hydrogen (secondary N) is 3. The van der Waals surface area contributed by atoms with E-state index in [1.54, 1.807) is 156 Å². The molecule has 110 heavy (non-hydrogen) atoms. The minimum absolute atomic E-state index is 0. The molecule has 1 aliphatic carbocycles. The van der Waals surface area contributed by atoms with Crippen LogP contribution in [-0.4, -0.2) is 163 Å². The van der Waals surface area contributed by atoms with Crippen LogP contribution in [0.2, 0.25) is 13.6 Å². The van der Waals surface area contributed by atoms with Crippen molar-refractivity contribution in [3.8, 4) is 28.2 Å². The maximum atomic E-state index is 11.7. The van der Waals surface area contributed by atoms with Crippen LogP contribution in [0.1, 0.15) is 67.2 Å². The number of nitrogens with two attached hydrogens (primary N) is 1. The fourth-order valence-electron chi connectivity index (χ4n) is 9.51. The van der Waals surface area contributed by atoms with Crippen molar-refractivity contribution in [2.24, 2.45) is 5.73 Å². The topological polar surface area (TPSA) is 535 Å². The zero-order valence-electron chi connectivity index (χ0n) is 61.8. The van der Waals surface area contributed by atoms with Crippen molar-refractivity contribution >= 4 is 67.3 Å². The standard InChI is InChI=1S/C20H12O5.C13H21N2O5P.C12H22BN2O5P.C11H19N2O4P.C8H11NO3P.C4H10BNO2.4Y/c21-11-5-7-15-17(9-11)25-18-10-12(22)6-8-16(18)19(15)13-3-1-2-4-14(13)20(23)24;1-10(21(18,19)20)6-12-4-3-5-15(8-12)9-13(17)7-14-11(2)16;1-10(21(18,19)20)6-11-4-3-5-15(8-11)9-12(16)7-14-13(2)17;1-9(18(15,16)17)5-10-3-2-4-13(7-10)8-11(14)6-12;1-7(13(10,11)12)5-8-3-2-4-9-6-8;1-5(7)6-2-4-3-8-4;;;;/h1-10,21H,(H,23,24);3-5,8,13,17H,6-7,9H2,1-2H3,(H,14,16)(H2,18,19,20);3-5,8,12,14,16-17H,6-7,9H2,1-2H3,(H2,18,19,20);2-4,7,11,14H,5-6,8,12H2,1H3,(H2,15,16,17);2-4,6H,5H2,1H3,(H2,10,11,12);4,6-7H,2-3H2,1H3;;;;/q;;;;-1;;;;;. The number of pyridine rings is 4. The number of epoxide rings is 1. The van der Waals surface area contributed by atoms with E-state index in [0.717, 1.165) is 35.4 Å². The van der Waals surface area contributed by atoms with Gasteiger partial charge in [0, 0.05) is 223 Å². The fourth-order valence-corrected chi connectivity index (χ4v) is 11.1. The second-order valence-electron chi connectivity index (χ2n) is 24.8. The van der Waals surface area contributed by atoms with Crippen molar-refractivity contribution in [1.29, 1.82) is 0 Å². The number of carbonyl (C=O) groups excluding carboxylic acids is 1. The van der Waals surface area contributed by atoms with Crippen LogP contribution in [0.25, 0.3) is 33.4 Å². The molecule has 9 rings (SSSR count). The van der Waals surface area contributed by atoms with Crippen molar-refractivity contribution in [3.63, 3.8) is 0 Å². The molecule has 2 aromatic carbocycles. The van der Waals surface area contributed by atoms with Gasteiger partial charge in [0.1, 0.15) is 35.4 Å². The number of phenols is 1. The Bertz CT molecular complexity index is 4300. The monoisotopic (exact) mass is 1910 g/mol. The minimum atomic E-state index is -4.18. The molecule has 42 heteroatoms. The molecule has 4 aromatic heterocycles. The summed E-state index contributed by atoms with van der Waals surface area (Å²) in [4.78, 5) is 110. The van der Waals surface area contributed by atoms with E-state index in [2.05, 4.69) is 20.8 Å². The Morgan fingerprint density at radius 2 is 1.04 bits per heavy atom. The number of aromatic nitrogens is 4. The zero-order chi connectivity index (χ0) is 79.3. The van der Waals surface area contributed by atoms with Gasteiger partial charge in [-0.1, -0.05) is 29.8 Å². The predicted octanol–water partition coefficient (Wildman–Crippen LogP) is 3.01. The number of aliphatic hydroxyl groups excluding tert-OH is 3. The van der Waals surface area contributed by atoms with Gasteiger partial charge in [-0.2, -0.15) is 50.3 Å². The van der Waals surface area contributed by atoms with Gasteiger partial charge in [0.05, 0.1) is 18.3 Å². The van der Waals surface area contributed by atoms with Crippen LogP contribution in [0.4, 0.5) is 0 Å². The number of aromatic hydroxyl groups is 1.